The summed E-state index contributed by atoms with van der Waals surface area (Å²) in [7, 11) is 1.76. The maximum atomic E-state index is 5.68. The van der Waals surface area contributed by atoms with Crippen LogP contribution < -0.4 is 15.4 Å². The zero-order valence-electron chi connectivity index (χ0n) is 19.6. The molecule has 31 heavy (non-hydrogen) atoms. The minimum atomic E-state index is 0. The van der Waals surface area contributed by atoms with Crippen molar-refractivity contribution in [3.8, 4) is 5.75 Å². The molecule has 2 N–H and O–H groups in total. The van der Waals surface area contributed by atoms with Crippen molar-refractivity contribution in [1.29, 1.82) is 0 Å². The van der Waals surface area contributed by atoms with Crippen LogP contribution in [0.2, 0.25) is 0 Å². The van der Waals surface area contributed by atoms with Gasteiger partial charge in [0.15, 0.2) is 5.96 Å². The molecule has 2 heterocycles. The number of benzene rings is 1. The molecule has 0 amide bonds. The Morgan fingerprint density at radius 3 is 2.48 bits per heavy atom. The van der Waals surface area contributed by atoms with Crippen molar-refractivity contribution in [3.05, 3.63) is 29.8 Å². The van der Waals surface area contributed by atoms with E-state index in [1.807, 2.05) is 6.07 Å². The summed E-state index contributed by atoms with van der Waals surface area (Å²) in [5.74, 6) is 1.91. The van der Waals surface area contributed by atoms with Gasteiger partial charge >= 0.3 is 0 Å². The van der Waals surface area contributed by atoms with Gasteiger partial charge in [-0.1, -0.05) is 25.1 Å². The van der Waals surface area contributed by atoms with Crippen LogP contribution in [0.25, 0.3) is 0 Å². The second-order valence-electron chi connectivity index (χ2n) is 8.48. The zero-order chi connectivity index (χ0) is 21.2. The molecule has 176 valence electrons. The molecule has 2 aliphatic rings. The number of aliphatic imine (C=N–C) groups is 1. The van der Waals surface area contributed by atoms with E-state index in [1.165, 1.54) is 57.3 Å². The topological polar surface area (TPSA) is 52.1 Å². The lowest BCUT2D eigenvalue weighted by Gasteiger charge is -2.33. The largest absolute Gasteiger partial charge is 0.496 e. The summed E-state index contributed by atoms with van der Waals surface area (Å²) in [4.78, 5) is 10.2. The van der Waals surface area contributed by atoms with E-state index in [2.05, 4.69) is 52.5 Å². The average molecular weight is 544 g/mol. The van der Waals surface area contributed by atoms with Gasteiger partial charge in [0.25, 0.3) is 0 Å². The van der Waals surface area contributed by atoms with Crippen LogP contribution in [0.1, 0.15) is 57.6 Å². The Morgan fingerprint density at radius 2 is 1.84 bits per heavy atom. The van der Waals surface area contributed by atoms with Crippen molar-refractivity contribution in [3.63, 3.8) is 0 Å². The quantitative estimate of drug-likeness (QED) is 0.282. The number of para-hydroxylation sites is 1. The molecular weight excluding hydrogens is 501 g/mol. The van der Waals surface area contributed by atoms with Gasteiger partial charge in [-0.25, -0.2) is 0 Å². The molecular formula is C24H42IN5O. The third-order valence-corrected chi connectivity index (χ3v) is 6.31. The Bertz CT molecular complexity index is 657. The predicted molar refractivity (Wildman–Crippen MR) is 141 cm³/mol. The van der Waals surface area contributed by atoms with Crippen molar-refractivity contribution in [2.75, 3.05) is 52.9 Å². The molecule has 0 saturated carbocycles. The third kappa shape index (κ3) is 7.79. The molecule has 0 radical (unpaired) electrons. The fourth-order valence-corrected chi connectivity index (χ4v) is 4.71. The summed E-state index contributed by atoms with van der Waals surface area (Å²) in [6.45, 7) is 11.9. The first-order valence-electron chi connectivity index (χ1n) is 11.9. The van der Waals surface area contributed by atoms with Crippen LogP contribution >= 0.6 is 24.0 Å². The van der Waals surface area contributed by atoms with E-state index in [-0.39, 0.29) is 30.0 Å². The monoisotopic (exact) mass is 543 g/mol. The van der Waals surface area contributed by atoms with Crippen molar-refractivity contribution >= 4 is 29.9 Å². The molecule has 0 bridgehead atoms. The van der Waals surface area contributed by atoms with Crippen LogP contribution in [0.15, 0.2) is 29.3 Å². The summed E-state index contributed by atoms with van der Waals surface area (Å²) in [5.41, 5.74) is 1.24. The van der Waals surface area contributed by atoms with E-state index >= 15 is 0 Å². The molecule has 7 heteroatoms. The Labute approximate surface area is 206 Å². The molecule has 0 aromatic heterocycles. The van der Waals surface area contributed by atoms with Gasteiger partial charge in [0.1, 0.15) is 5.75 Å². The Balaban J connectivity index is 0.00000341. The average Bonchev–Trinajstić information content (AvgIpc) is 3.30. The SMILES string of the molecule is CCCN1CCC(NC(=NCC(c2ccccc2OC)N2CCCC2)NCC)CC1.I. The van der Waals surface area contributed by atoms with Crippen molar-refractivity contribution < 1.29 is 4.74 Å². The molecule has 3 rings (SSSR count). The van der Waals surface area contributed by atoms with Crippen molar-refractivity contribution in [2.24, 2.45) is 4.99 Å². The lowest BCUT2D eigenvalue weighted by molar-refractivity contribution is 0.206. The van der Waals surface area contributed by atoms with Crippen LogP contribution in [0.5, 0.6) is 5.75 Å². The number of methoxy groups -OCH3 is 1. The van der Waals surface area contributed by atoms with Crippen molar-refractivity contribution in [1.82, 2.24) is 20.4 Å². The molecule has 1 atom stereocenters. The summed E-state index contributed by atoms with van der Waals surface area (Å²) >= 11 is 0. The number of ether oxygens (including phenoxy) is 1. The van der Waals surface area contributed by atoms with Crippen LogP contribution in [0.4, 0.5) is 0 Å². The molecule has 0 spiro atoms. The highest BCUT2D eigenvalue weighted by atomic mass is 127. The maximum Gasteiger partial charge on any atom is 0.191 e. The van der Waals surface area contributed by atoms with Gasteiger partial charge in [0.05, 0.1) is 19.7 Å². The summed E-state index contributed by atoms with van der Waals surface area (Å²) in [6.07, 6.45) is 6.15. The summed E-state index contributed by atoms with van der Waals surface area (Å²) in [6, 6.07) is 9.18. The van der Waals surface area contributed by atoms with Gasteiger partial charge in [-0.2, -0.15) is 0 Å². The highest BCUT2D eigenvalue weighted by molar-refractivity contribution is 14.0. The molecule has 2 aliphatic heterocycles. The van der Waals surface area contributed by atoms with Gasteiger partial charge in [0.2, 0.25) is 0 Å². The van der Waals surface area contributed by atoms with E-state index in [0.717, 1.165) is 37.9 Å². The summed E-state index contributed by atoms with van der Waals surface area (Å²) in [5, 5.41) is 7.18. The van der Waals surface area contributed by atoms with Gasteiger partial charge in [0, 0.05) is 31.2 Å². The van der Waals surface area contributed by atoms with Crippen LogP contribution in [0, 0.1) is 0 Å². The number of piperidine rings is 1. The lowest BCUT2D eigenvalue weighted by Crippen LogP contribution is -2.49. The number of hydrogen-bond donors (Lipinski definition) is 2. The molecule has 1 aromatic carbocycles. The second-order valence-corrected chi connectivity index (χ2v) is 8.48. The number of nitrogens with zero attached hydrogens (tertiary/aromatic N) is 3. The summed E-state index contributed by atoms with van der Waals surface area (Å²) < 4.78 is 5.68. The van der Waals surface area contributed by atoms with Gasteiger partial charge < -0.3 is 20.3 Å². The molecule has 2 fully saturated rings. The van der Waals surface area contributed by atoms with Gasteiger partial charge in [-0.05, 0) is 64.7 Å². The van der Waals surface area contributed by atoms with Crippen LogP contribution in [0.3, 0.4) is 0 Å². The Hall–Kier alpha value is -1.06. The van der Waals surface area contributed by atoms with E-state index in [0.29, 0.717) is 6.04 Å². The number of hydrogen-bond acceptors (Lipinski definition) is 4. The number of halogens is 1. The third-order valence-electron chi connectivity index (χ3n) is 6.31. The standard InChI is InChI=1S/C24H41N5O.HI/c1-4-14-28-17-12-20(13-18-28)27-24(25-5-2)26-19-22(29-15-8-9-16-29)21-10-6-7-11-23(21)30-3;/h6-7,10-11,20,22H,4-5,8-9,12-19H2,1-3H3,(H2,25,26,27);1H. The first-order chi connectivity index (χ1) is 14.7. The number of likely N-dealkylation sites (tertiary alicyclic amines) is 2. The van der Waals surface area contributed by atoms with Crippen LogP contribution in [-0.2, 0) is 0 Å². The highest BCUT2D eigenvalue weighted by Gasteiger charge is 2.26. The van der Waals surface area contributed by atoms with Crippen molar-refractivity contribution in [2.45, 2.75) is 58.0 Å². The zero-order valence-corrected chi connectivity index (χ0v) is 21.9. The fourth-order valence-electron chi connectivity index (χ4n) is 4.71. The number of rotatable bonds is 9. The Morgan fingerprint density at radius 1 is 1.13 bits per heavy atom. The van der Waals surface area contributed by atoms with E-state index < -0.39 is 0 Å². The molecule has 0 aliphatic carbocycles. The first kappa shape index (κ1) is 26.2. The minimum absolute atomic E-state index is 0. The van der Waals surface area contributed by atoms with Gasteiger partial charge in [-0.15, -0.1) is 24.0 Å². The number of nitrogens with one attached hydrogen (secondary N) is 2. The first-order valence-corrected chi connectivity index (χ1v) is 11.9. The van der Waals surface area contributed by atoms with Crippen LogP contribution in [-0.4, -0.2) is 74.7 Å². The molecule has 6 nitrogen and oxygen atoms in total. The number of guanidine groups is 1. The Kier molecular flexibility index (Phi) is 12.0. The smallest absolute Gasteiger partial charge is 0.191 e. The predicted octanol–water partition coefficient (Wildman–Crippen LogP) is 3.88. The molecule has 1 unspecified atom stereocenters. The molecule has 1 aromatic rings. The normalized spacial score (nSPS) is 19.6. The lowest BCUT2D eigenvalue weighted by atomic mass is 10.0. The van der Waals surface area contributed by atoms with Gasteiger partial charge in [-0.3, -0.25) is 9.89 Å². The maximum absolute atomic E-state index is 5.68. The van der Waals surface area contributed by atoms with E-state index in [1.54, 1.807) is 7.11 Å². The second kappa shape index (κ2) is 14.2. The van der Waals surface area contributed by atoms with E-state index in [4.69, 9.17) is 9.73 Å². The van der Waals surface area contributed by atoms with E-state index in [9.17, 15) is 0 Å². The minimum Gasteiger partial charge on any atom is -0.496 e. The highest BCUT2D eigenvalue weighted by Crippen LogP contribution is 2.31. The molecule has 2 saturated heterocycles. The fraction of sp³-hybridized carbons (Fsp3) is 0.708.